The van der Waals surface area contributed by atoms with E-state index in [4.69, 9.17) is 16.2 Å². The zero-order chi connectivity index (χ0) is 21.0. The van der Waals surface area contributed by atoms with Gasteiger partial charge < -0.3 is 36.8 Å². The van der Waals surface area contributed by atoms with E-state index in [0.29, 0.717) is 24.4 Å². The number of aliphatic hydroxyl groups is 3. The summed E-state index contributed by atoms with van der Waals surface area (Å²) < 4.78 is 7.08. The van der Waals surface area contributed by atoms with Gasteiger partial charge in [-0.3, -0.25) is 9.36 Å². The molecule has 0 spiro atoms. The smallest absolute Gasteiger partial charge is 0.220 e. The number of hydrogen-bond acceptors (Lipinski definition) is 10. The summed E-state index contributed by atoms with van der Waals surface area (Å²) in [5.41, 5.74) is 11.9. The van der Waals surface area contributed by atoms with Crippen LogP contribution < -0.4 is 16.8 Å². The number of rotatable bonds is 9. The molecule has 1 amide bonds. The van der Waals surface area contributed by atoms with Crippen molar-refractivity contribution in [3.05, 3.63) is 12.2 Å². The van der Waals surface area contributed by atoms with E-state index >= 15 is 0 Å². The number of amides is 1. The molecule has 1 aliphatic rings. The van der Waals surface area contributed by atoms with E-state index in [0.717, 1.165) is 19.3 Å². The van der Waals surface area contributed by atoms with Gasteiger partial charge in [-0.05, 0) is 19.4 Å². The number of aromatic nitrogens is 4. The average Bonchev–Trinajstić information content (AvgIpc) is 3.22. The Labute approximate surface area is 166 Å². The Kier molecular flexibility index (Phi) is 6.92. The van der Waals surface area contributed by atoms with Crippen LogP contribution in [0.3, 0.4) is 0 Å². The highest BCUT2D eigenvalue weighted by molar-refractivity contribution is 5.82. The minimum absolute atomic E-state index is 0.0397. The number of nitrogens with two attached hydrogens (primary N) is 2. The van der Waals surface area contributed by atoms with Gasteiger partial charge in [0.15, 0.2) is 23.2 Å². The first-order valence-corrected chi connectivity index (χ1v) is 9.54. The zero-order valence-electron chi connectivity index (χ0n) is 15.9. The topological polar surface area (TPSA) is 195 Å². The van der Waals surface area contributed by atoms with Crippen LogP contribution in [0.5, 0.6) is 0 Å². The van der Waals surface area contributed by atoms with Crippen LogP contribution >= 0.6 is 0 Å². The molecule has 29 heavy (non-hydrogen) atoms. The number of ether oxygens (including phenoxy) is 1. The maximum atomic E-state index is 12.1. The number of hydrogen-bond donors (Lipinski definition) is 6. The van der Waals surface area contributed by atoms with Crippen molar-refractivity contribution in [1.29, 1.82) is 0 Å². The van der Waals surface area contributed by atoms with Gasteiger partial charge in [0.05, 0.1) is 13.2 Å². The molecule has 8 N–H and O–H groups in total. The summed E-state index contributed by atoms with van der Waals surface area (Å²) in [7, 11) is 0. The van der Waals surface area contributed by atoms with E-state index in [-0.39, 0.29) is 23.8 Å². The minimum atomic E-state index is -1.33. The van der Waals surface area contributed by atoms with Crippen molar-refractivity contribution in [2.75, 3.05) is 18.9 Å². The first-order chi connectivity index (χ1) is 14.0. The Morgan fingerprint density at radius 3 is 2.72 bits per heavy atom. The summed E-state index contributed by atoms with van der Waals surface area (Å²) in [6.07, 6.45) is -0.559. The summed E-state index contributed by atoms with van der Waals surface area (Å²) >= 11 is 0. The molecule has 1 saturated heterocycles. The third-order valence-electron chi connectivity index (χ3n) is 4.90. The predicted molar refractivity (Wildman–Crippen MR) is 102 cm³/mol. The Morgan fingerprint density at radius 2 is 2.03 bits per heavy atom. The molecule has 160 valence electrons. The number of unbranched alkanes of at least 4 members (excludes halogenated alkanes) is 2. The van der Waals surface area contributed by atoms with E-state index in [1.165, 1.54) is 10.9 Å². The highest BCUT2D eigenvalue weighted by atomic mass is 16.6. The van der Waals surface area contributed by atoms with Crippen LogP contribution in [-0.4, -0.2) is 72.2 Å². The normalized spacial score (nSPS) is 24.3. The zero-order valence-corrected chi connectivity index (χ0v) is 15.9. The maximum Gasteiger partial charge on any atom is 0.220 e. The van der Waals surface area contributed by atoms with Gasteiger partial charge in [0.2, 0.25) is 5.91 Å². The molecule has 3 heterocycles. The Balaban J connectivity index is 1.83. The fraction of sp³-hybridized carbons (Fsp3) is 0.647. The van der Waals surface area contributed by atoms with Crippen LogP contribution in [-0.2, 0) is 16.1 Å². The van der Waals surface area contributed by atoms with Gasteiger partial charge >= 0.3 is 0 Å². The van der Waals surface area contributed by atoms with E-state index < -0.39 is 31.1 Å². The number of fused-ring (bicyclic) bond motifs is 1. The van der Waals surface area contributed by atoms with E-state index in [9.17, 15) is 20.1 Å². The molecule has 2 aromatic heterocycles. The van der Waals surface area contributed by atoms with E-state index in [2.05, 4.69) is 20.3 Å². The monoisotopic (exact) mass is 409 g/mol. The third-order valence-corrected chi connectivity index (χ3v) is 4.90. The number of aliphatic hydroxyl groups excluding tert-OH is 3. The molecule has 0 aromatic carbocycles. The third kappa shape index (κ3) is 4.46. The molecule has 1 fully saturated rings. The minimum Gasteiger partial charge on any atom is -0.394 e. The number of nitrogens with zero attached hydrogens (tertiary/aromatic N) is 4. The Bertz CT molecular complexity index is 845. The SMILES string of the molecule is NCCCCCC(=O)NCc1nc2c(N)ncnc2n1[C@@H]1O[C@H](CO)[C@@H](O)[C@H]1O. The van der Waals surface area contributed by atoms with Crippen LogP contribution in [0, 0.1) is 0 Å². The van der Waals surface area contributed by atoms with Gasteiger partial charge in [0, 0.05) is 6.42 Å². The molecule has 0 unspecified atom stereocenters. The van der Waals surface area contributed by atoms with Crippen molar-refractivity contribution in [2.24, 2.45) is 5.73 Å². The Morgan fingerprint density at radius 1 is 1.24 bits per heavy atom. The maximum absolute atomic E-state index is 12.1. The molecule has 4 atom stereocenters. The molecular formula is C17H27N7O5. The van der Waals surface area contributed by atoms with Gasteiger partial charge in [-0.1, -0.05) is 6.42 Å². The van der Waals surface area contributed by atoms with Gasteiger partial charge in [-0.15, -0.1) is 0 Å². The van der Waals surface area contributed by atoms with Crippen molar-refractivity contribution in [3.63, 3.8) is 0 Å². The lowest BCUT2D eigenvalue weighted by Gasteiger charge is -2.19. The van der Waals surface area contributed by atoms with E-state index in [1.54, 1.807) is 0 Å². The highest BCUT2D eigenvalue weighted by Crippen LogP contribution is 2.33. The molecule has 0 bridgehead atoms. The second kappa shape index (κ2) is 9.41. The van der Waals surface area contributed by atoms with Crippen molar-refractivity contribution in [3.8, 4) is 0 Å². The van der Waals surface area contributed by atoms with Gasteiger partial charge in [-0.25, -0.2) is 15.0 Å². The van der Waals surface area contributed by atoms with E-state index in [1.807, 2.05) is 0 Å². The molecule has 1 aliphatic heterocycles. The Hall–Kier alpha value is -2.38. The lowest BCUT2D eigenvalue weighted by molar-refractivity contribution is -0.121. The number of carbonyl (C=O) groups is 1. The summed E-state index contributed by atoms with van der Waals surface area (Å²) in [5, 5.41) is 32.7. The van der Waals surface area contributed by atoms with Crippen LogP contribution in [0.25, 0.3) is 11.2 Å². The van der Waals surface area contributed by atoms with Gasteiger partial charge in [0.25, 0.3) is 0 Å². The molecule has 12 heteroatoms. The van der Waals surface area contributed by atoms with Crippen molar-refractivity contribution in [2.45, 2.75) is 56.8 Å². The summed E-state index contributed by atoms with van der Waals surface area (Å²) in [5.74, 6) is 0.313. The van der Waals surface area contributed by atoms with Crippen LogP contribution in [0.4, 0.5) is 5.82 Å². The molecule has 3 rings (SSSR count). The van der Waals surface area contributed by atoms with Crippen LogP contribution in [0.1, 0.15) is 37.7 Å². The lowest BCUT2D eigenvalue weighted by atomic mass is 10.1. The predicted octanol–water partition coefficient (Wildman–Crippen LogP) is -1.84. The van der Waals surface area contributed by atoms with Crippen LogP contribution in [0.2, 0.25) is 0 Å². The largest absolute Gasteiger partial charge is 0.394 e. The quantitative estimate of drug-likeness (QED) is 0.256. The summed E-state index contributed by atoms with van der Waals surface area (Å²) in [6, 6.07) is 0. The number of nitrogens with one attached hydrogen (secondary N) is 1. The first kappa shape index (κ1) is 21.3. The van der Waals surface area contributed by atoms with Crippen LogP contribution in [0.15, 0.2) is 6.33 Å². The van der Waals surface area contributed by atoms with Crippen molar-refractivity contribution in [1.82, 2.24) is 24.8 Å². The molecule has 2 aromatic rings. The standard InChI is InChI=1S/C17H27N7O5/c18-5-3-1-2-4-11(26)20-6-10-23-12-15(19)21-8-22-16(12)24(10)17-14(28)13(27)9(7-25)29-17/h8-9,13-14,17,25,27-28H,1-7,18H2,(H,20,26)(H2,19,21,22)/t9-,13-,14-,17-/m1/s1. The van der Waals surface area contributed by atoms with Gasteiger partial charge in [0.1, 0.15) is 30.5 Å². The first-order valence-electron chi connectivity index (χ1n) is 9.54. The van der Waals surface area contributed by atoms with Crippen molar-refractivity contribution < 1.29 is 24.9 Å². The highest BCUT2D eigenvalue weighted by Gasteiger charge is 2.44. The second-order valence-corrected chi connectivity index (χ2v) is 6.93. The fourth-order valence-corrected chi connectivity index (χ4v) is 3.33. The molecular weight excluding hydrogens is 382 g/mol. The number of anilines is 1. The lowest BCUT2D eigenvalue weighted by Crippen LogP contribution is -2.33. The van der Waals surface area contributed by atoms with Gasteiger partial charge in [-0.2, -0.15) is 0 Å². The van der Waals surface area contributed by atoms with Crippen molar-refractivity contribution >= 4 is 22.9 Å². The molecule has 0 saturated carbocycles. The average molecular weight is 409 g/mol. The number of carbonyl (C=O) groups excluding carboxylic acids is 1. The second-order valence-electron chi connectivity index (χ2n) is 6.93. The molecule has 0 radical (unpaired) electrons. The number of imidazole rings is 1. The summed E-state index contributed by atoms with van der Waals surface area (Å²) in [6.45, 7) is 0.170. The molecule has 0 aliphatic carbocycles. The fourth-order valence-electron chi connectivity index (χ4n) is 3.33. The summed E-state index contributed by atoms with van der Waals surface area (Å²) in [4.78, 5) is 24.6. The number of nitrogen functional groups attached to an aromatic ring is 1. The molecule has 12 nitrogen and oxygen atoms in total.